The normalized spacial score (nSPS) is 16.0. The van der Waals surface area contributed by atoms with Gasteiger partial charge >= 0.3 is 0 Å². The molecule has 0 aliphatic carbocycles. The van der Waals surface area contributed by atoms with Crippen LogP contribution in [0.5, 0.6) is 0 Å². The van der Waals surface area contributed by atoms with Gasteiger partial charge in [0, 0.05) is 47.8 Å². The van der Waals surface area contributed by atoms with Crippen molar-refractivity contribution in [1.29, 1.82) is 0 Å². The van der Waals surface area contributed by atoms with Gasteiger partial charge in [-0.05, 0) is 62.6 Å². The Labute approximate surface area is 205 Å². The number of hydrogen-bond donors (Lipinski definition) is 2. The second-order valence-corrected chi connectivity index (χ2v) is 10.7. The first-order valence-electron chi connectivity index (χ1n) is 12.2. The summed E-state index contributed by atoms with van der Waals surface area (Å²) in [5.74, 6) is 0.453. The maximum absolute atomic E-state index is 13.3. The van der Waals surface area contributed by atoms with E-state index in [1.54, 1.807) is 17.1 Å². The third-order valence-electron chi connectivity index (χ3n) is 6.50. The summed E-state index contributed by atoms with van der Waals surface area (Å²) in [7, 11) is 0. The van der Waals surface area contributed by atoms with E-state index in [2.05, 4.69) is 66.5 Å². The number of nitrogens with one attached hydrogen (secondary N) is 2. The Morgan fingerprint density at radius 1 is 1.11 bits per heavy atom. The Morgan fingerprint density at radius 2 is 1.91 bits per heavy atom. The average Bonchev–Trinajstić information content (AvgIpc) is 3.10. The maximum atomic E-state index is 13.3. The molecule has 3 aromatic heterocycles. The van der Waals surface area contributed by atoms with Crippen LogP contribution in [0.2, 0.25) is 0 Å². The summed E-state index contributed by atoms with van der Waals surface area (Å²) in [6.45, 7) is 13.4. The number of nitrogens with zero attached hydrogens (tertiary/aromatic N) is 5. The Kier molecular flexibility index (Phi) is 5.71. The molecule has 0 fully saturated rings. The Morgan fingerprint density at radius 3 is 2.66 bits per heavy atom. The van der Waals surface area contributed by atoms with Crippen LogP contribution in [0, 0.1) is 0 Å². The predicted molar refractivity (Wildman–Crippen MR) is 140 cm³/mol. The van der Waals surface area contributed by atoms with Crippen LogP contribution in [0.1, 0.15) is 64.4 Å². The van der Waals surface area contributed by atoms with Crippen LogP contribution in [-0.2, 0) is 18.4 Å². The lowest BCUT2D eigenvalue weighted by molar-refractivity contribution is 0.474. The fourth-order valence-corrected chi connectivity index (χ4v) is 4.62. The van der Waals surface area contributed by atoms with Gasteiger partial charge in [0.1, 0.15) is 5.39 Å². The van der Waals surface area contributed by atoms with Crippen molar-refractivity contribution in [3.8, 4) is 5.69 Å². The highest BCUT2D eigenvalue weighted by atomic mass is 16.1. The number of fused-ring (bicyclic) bond motifs is 2. The highest BCUT2D eigenvalue weighted by molar-refractivity contribution is 5.77. The van der Waals surface area contributed by atoms with Gasteiger partial charge in [-0.3, -0.25) is 9.78 Å². The summed E-state index contributed by atoms with van der Waals surface area (Å²) in [6.07, 6.45) is 4.44. The Hall–Kier alpha value is -3.52. The van der Waals surface area contributed by atoms with E-state index >= 15 is 0 Å². The lowest BCUT2D eigenvalue weighted by Crippen LogP contribution is -2.32. The molecular weight excluding hydrogens is 438 g/mol. The summed E-state index contributed by atoms with van der Waals surface area (Å²) in [5.41, 5.74) is 5.72. The number of aromatic nitrogens is 5. The van der Waals surface area contributed by atoms with E-state index in [4.69, 9.17) is 4.98 Å². The van der Waals surface area contributed by atoms with Crippen molar-refractivity contribution in [3.63, 3.8) is 0 Å². The number of benzene rings is 1. The molecule has 1 unspecified atom stereocenters. The molecule has 4 heterocycles. The zero-order valence-electron chi connectivity index (χ0n) is 21.3. The van der Waals surface area contributed by atoms with Gasteiger partial charge in [0.05, 0.1) is 5.69 Å². The first-order chi connectivity index (χ1) is 16.6. The van der Waals surface area contributed by atoms with Crippen molar-refractivity contribution in [1.82, 2.24) is 29.6 Å². The van der Waals surface area contributed by atoms with E-state index in [0.29, 0.717) is 23.0 Å². The number of hydrogen-bond acceptors (Lipinski definition) is 6. The van der Waals surface area contributed by atoms with Crippen LogP contribution in [0.15, 0.2) is 47.5 Å². The third-order valence-corrected chi connectivity index (χ3v) is 6.50. The van der Waals surface area contributed by atoms with Gasteiger partial charge in [0.15, 0.2) is 5.65 Å². The lowest BCUT2D eigenvalue weighted by Gasteiger charge is -2.23. The van der Waals surface area contributed by atoms with Crippen LogP contribution in [0.4, 0.5) is 11.6 Å². The van der Waals surface area contributed by atoms with Gasteiger partial charge in [-0.1, -0.05) is 26.8 Å². The molecule has 1 atom stereocenters. The summed E-state index contributed by atoms with van der Waals surface area (Å²) >= 11 is 0. The molecule has 0 amide bonds. The molecule has 1 aliphatic heterocycles. The quantitative estimate of drug-likeness (QED) is 0.451. The summed E-state index contributed by atoms with van der Waals surface area (Å²) < 4.78 is 3.63. The van der Waals surface area contributed by atoms with Crippen molar-refractivity contribution in [2.75, 3.05) is 5.32 Å². The summed E-state index contributed by atoms with van der Waals surface area (Å²) in [4.78, 5) is 27.2. The first kappa shape index (κ1) is 23.2. The van der Waals surface area contributed by atoms with Crippen LogP contribution in [0.25, 0.3) is 16.7 Å². The second kappa shape index (κ2) is 8.61. The van der Waals surface area contributed by atoms with Crippen molar-refractivity contribution in [3.05, 3.63) is 69.9 Å². The number of rotatable bonds is 4. The SMILES string of the molecule is CC1Cc2ccc(Nc3ncc4c(=O)n(C(C)C)n(-c5ccnc(C(C)(C)C)c5)c4n3)cc2CN1. The highest BCUT2D eigenvalue weighted by Crippen LogP contribution is 2.26. The average molecular weight is 472 g/mol. The van der Waals surface area contributed by atoms with E-state index in [9.17, 15) is 4.79 Å². The molecule has 1 aliphatic rings. The smallest absolute Gasteiger partial charge is 0.278 e. The summed E-state index contributed by atoms with van der Waals surface area (Å²) in [5, 5.41) is 7.34. The van der Waals surface area contributed by atoms with Crippen molar-refractivity contribution in [2.24, 2.45) is 0 Å². The molecule has 0 bridgehead atoms. The molecule has 182 valence electrons. The molecule has 2 N–H and O–H groups in total. The van der Waals surface area contributed by atoms with Gasteiger partial charge in [0.25, 0.3) is 5.56 Å². The third kappa shape index (κ3) is 4.34. The van der Waals surface area contributed by atoms with Crippen molar-refractivity contribution < 1.29 is 0 Å². The Bertz CT molecular complexity index is 1460. The molecule has 4 aromatic rings. The largest absolute Gasteiger partial charge is 0.324 e. The summed E-state index contributed by atoms with van der Waals surface area (Å²) in [6, 6.07) is 10.8. The van der Waals surface area contributed by atoms with Crippen LogP contribution >= 0.6 is 0 Å². The standard InChI is InChI=1S/C27H33N7O/c1-16(2)33-25(35)22-15-30-26(31-20-8-7-18-11-17(3)29-14-19(18)12-20)32-24(22)34(33)21-9-10-28-23(13-21)27(4,5)6/h7-10,12-13,15-17,29H,11,14H2,1-6H3,(H,30,31,32). The van der Waals surface area contributed by atoms with Crippen LogP contribution < -0.4 is 16.2 Å². The number of anilines is 2. The molecule has 0 saturated carbocycles. The molecule has 5 rings (SSSR count). The topological polar surface area (TPSA) is 89.7 Å². The highest BCUT2D eigenvalue weighted by Gasteiger charge is 2.22. The molecule has 8 nitrogen and oxygen atoms in total. The van der Waals surface area contributed by atoms with Crippen LogP contribution in [-0.4, -0.2) is 30.4 Å². The van der Waals surface area contributed by atoms with Gasteiger partial charge in [-0.25, -0.2) is 14.3 Å². The molecule has 0 saturated heterocycles. The van der Waals surface area contributed by atoms with Gasteiger partial charge in [-0.2, -0.15) is 4.98 Å². The molecule has 0 spiro atoms. The zero-order chi connectivity index (χ0) is 24.9. The fourth-order valence-electron chi connectivity index (χ4n) is 4.62. The predicted octanol–water partition coefficient (Wildman–Crippen LogP) is 4.63. The van der Waals surface area contributed by atoms with Gasteiger partial charge in [0.2, 0.25) is 5.95 Å². The van der Waals surface area contributed by atoms with Crippen molar-refractivity contribution >= 4 is 22.7 Å². The van der Waals surface area contributed by atoms with E-state index < -0.39 is 0 Å². The minimum Gasteiger partial charge on any atom is -0.324 e. The Balaban J connectivity index is 1.60. The minimum absolute atomic E-state index is 0.0603. The van der Waals surface area contributed by atoms with Gasteiger partial charge in [-0.15, -0.1) is 0 Å². The first-order valence-corrected chi connectivity index (χ1v) is 12.2. The molecule has 35 heavy (non-hydrogen) atoms. The minimum atomic E-state index is -0.122. The molecular formula is C27H33N7O. The maximum Gasteiger partial charge on any atom is 0.278 e. The monoisotopic (exact) mass is 471 g/mol. The second-order valence-electron chi connectivity index (χ2n) is 10.7. The van der Waals surface area contributed by atoms with Crippen LogP contribution in [0.3, 0.4) is 0 Å². The van der Waals surface area contributed by atoms with E-state index in [-0.39, 0.29) is 17.0 Å². The zero-order valence-corrected chi connectivity index (χ0v) is 21.3. The number of pyridine rings is 1. The van der Waals surface area contributed by atoms with E-state index in [0.717, 1.165) is 30.0 Å². The molecule has 8 heteroatoms. The molecule has 0 radical (unpaired) electrons. The lowest BCUT2D eigenvalue weighted by atomic mass is 9.91. The van der Waals surface area contributed by atoms with E-state index in [1.807, 2.05) is 30.7 Å². The fraction of sp³-hybridized carbons (Fsp3) is 0.407. The van der Waals surface area contributed by atoms with Gasteiger partial charge < -0.3 is 10.6 Å². The van der Waals surface area contributed by atoms with E-state index in [1.165, 1.54) is 11.1 Å². The van der Waals surface area contributed by atoms with Crippen molar-refractivity contribution in [2.45, 2.75) is 72.0 Å². The molecule has 1 aromatic carbocycles.